The minimum absolute atomic E-state index is 0.104. The standard InChI is InChI=1S/C69H110O6/c1-4-7-10-13-15-17-19-21-23-25-26-27-28-29-30-31-32-33-34-35-36-37-38-39-40-41-42-44-45-47-49-51-53-56-59-62-68(71)74-65-66(64-73-67(70)61-58-55-12-9-6-3)75-69(72)63-60-57-54-52-50-48-46-43-24-22-20-18-16-14-11-8-5-2/h7-8,10-11,15-18,21-24,26-27,29-30,32-33,35-36,46,48,52,54,66H,4-6,9,12-14,19-20,25,28,31,34,37-45,47,49-51,53,55-65H2,1-3H3/b10-7-,11-8-,17-15-,18-16-,23-21-,24-22-,27-26-,30-29-,33-32-,36-35-,48-46-,54-52-. The van der Waals surface area contributed by atoms with E-state index in [1.165, 1.54) is 70.6 Å². The Balaban J connectivity index is 4.06. The Morgan fingerprint density at radius 2 is 0.533 bits per heavy atom. The normalized spacial score (nSPS) is 13.2. The van der Waals surface area contributed by atoms with Crippen molar-refractivity contribution in [1.82, 2.24) is 0 Å². The van der Waals surface area contributed by atoms with Gasteiger partial charge in [-0.25, -0.2) is 0 Å². The number of hydrogen-bond donors (Lipinski definition) is 0. The zero-order chi connectivity index (χ0) is 54.3. The lowest BCUT2D eigenvalue weighted by atomic mass is 10.0. The van der Waals surface area contributed by atoms with Gasteiger partial charge in [-0.15, -0.1) is 0 Å². The van der Waals surface area contributed by atoms with Crippen molar-refractivity contribution in [2.75, 3.05) is 13.2 Å². The summed E-state index contributed by atoms with van der Waals surface area (Å²) in [4.78, 5) is 37.8. The van der Waals surface area contributed by atoms with Gasteiger partial charge in [0.15, 0.2) is 6.10 Å². The maximum absolute atomic E-state index is 12.7. The van der Waals surface area contributed by atoms with E-state index >= 15 is 0 Å². The lowest BCUT2D eigenvalue weighted by molar-refractivity contribution is -0.167. The molecule has 0 bridgehead atoms. The summed E-state index contributed by atoms with van der Waals surface area (Å²) in [5.41, 5.74) is 0. The molecule has 0 saturated heterocycles. The zero-order valence-electron chi connectivity index (χ0n) is 48.3. The smallest absolute Gasteiger partial charge is 0.306 e. The Hall–Kier alpha value is -4.71. The fraction of sp³-hybridized carbons (Fsp3) is 0.609. The third-order valence-electron chi connectivity index (χ3n) is 12.3. The predicted molar refractivity (Wildman–Crippen MR) is 325 cm³/mol. The number of carbonyl (C=O) groups is 3. The van der Waals surface area contributed by atoms with Crippen molar-refractivity contribution in [3.8, 4) is 0 Å². The molecule has 6 heteroatoms. The highest BCUT2D eigenvalue weighted by Gasteiger charge is 2.19. The van der Waals surface area contributed by atoms with Crippen LogP contribution in [-0.2, 0) is 28.6 Å². The summed E-state index contributed by atoms with van der Waals surface area (Å²) < 4.78 is 16.7. The molecule has 1 atom stereocenters. The minimum Gasteiger partial charge on any atom is -0.462 e. The van der Waals surface area contributed by atoms with Crippen molar-refractivity contribution in [3.63, 3.8) is 0 Å². The molecule has 6 nitrogen and oxygen atoms in total. The van der Waals surface area contributed by atoms with Crippen molar-refractivity contribution >= 4 is 17.9 Å². The van der Waals surface area contributed by atoms with Gasteiger partial charge in [0.1, 0.15) is 13.2 Å². The number of hydrogen-bond acceptors (Lipinski definition) is 6. The van der Waals surface area contributed by atoms with Gasteiger partial charge in [0.25, 0.3) is 0 Å². The maximum Gasteiger partial charge on any atom is 0.306 e. The molecule has 422 valence electrons. The Labute approximate surface area is 461 Å². The largest absolute Gasteiger partial charge is 0.462 e. The van der Waals surface area contributed by atoms with Crippen LogP contribution in [0.4, 0.5) is 0 Å². The van der Waals surface area contributed by atoms with Gasteiger partial charge in [0.2, 0.25) is 0 Å². The molecule has 75 heavy (non-hydrogen) atoms. The molecular formula is C69H110O6. The van der Waals surface area contributed by atoms with Crippen LogP contribution in [0, 0.1) is 0 Å². The first-order chi connectivity index (χ1) is 37.0. The van der Waals surface area contributed by atoms with E-state index in [1.54, 1.807) is 0 Å². The first kappa shape index (κ1) is 70.3. The lowest BCUT2D eigenvalue weighted by Crippen LogP contribution is -2.30. The first-order valence-corrected chi connectivity index (χ1v) is 30.3. The highest BCUT2D eigenvalue weighted by molar-refractivity contribution is 5.71. The van der Waals surface area contributed by atoms with Crippen molar-refractivity contribution in [3.05, 3.63) is 146 Å². The summed E-state index contributed by atoms with van der Waals surface area (Å²) in [7, 11) is 0. The molecule has 1 unspecified atom stereocenters. The Morgan fingerprint density at radius 1 is 0.280 bits per heavy atom. The number of rotatable bonds is 53. The number of unbranched alkanes of at least 4 members (excludes halogenated alkanes) is 18. The first-order valence-electron chi connectivity index (χ1n) is 30.3. The van der Waals surface area contributed by atoms with E-state index < -0.39 is 6.10 Å². The van der Waals surface area contributed by atoms with Gasteiger partial charge in [0, 0.05) is 19.3 Å². The second kappa shape index (κ2) is 61.8. The van der Waals surface area contributed by atoms with E-state index in [2.05, 4.69) is 167 Å². The predicted octanol–water partition coefficient (Wildman–Crippen LogP) is 20.8. The quantitative estimate of drug-likeness (QED) is 0.0261. The molecule has 0 aromatic heterocycles. The highest BCUT2D eigenvalue weighted by atomic mass is 16.6. The second-order valence-corrected chi connectivity index (χ2v) is 19.5. The molecule has 0 heterocycles. The molecule has 0 N–H and O–H groups in total. The second-order valence-electron chi connectivity index (χ2n) is 19.5. The summed E-state index contributed by atoms with van der Waals surface area (Å²) >= 11 is 0. The van der Waals surface area contributed by atoms with Gasteiger partial charge in [0.05, 0.1) is 0 Å². The number of esters is 3. The molecule has 0 saturated carbocycles. The Bertz CT molecular complexity index is 1660. The van der Waals surface area contributed by atoms with Crippen LogP contribution in [0.15, 0.2) is 146 Å². The molecule has 0 radical (unpaired) electrons. The van der Waals surface area contributed by atoms with E-state index in [9.17, 15) is 14.4 Å². The summed E-state index contributed by atoms with van der Waals surface area (Å²) in [5.74, 6) is -0.983. The van der Waals surface area contributed by atoms with Crippen LogP contribution in [0.2, 0.25) is 0 Å². The number of carbonyl (C=O) groups excluding carboxylic acids is 3. The molecule has 0 spiro atoms. The average Bonchev–Trinajstić information content (AvgIpc) is 3.41. The molecule has 0 amide bonds. The van der Waals surface area contributed by atoms with Gasteiger partial charge >= 0.3 is 17.9 Å². The Morgan fingerprint density at radius 3 is 0.853 bits per heavy atom. The van der Waals surface area contributed by atoms with Crippen molar-refractivity contribution in [1.29, 1.82) is 0 Å². The van der Waals surface area contributed by atoms with E-state index in [-0.39, 0.29) is 37.5 Å². The van der Waals surface area contributed by atoms with Crippen LogP contribution in [-0.4, -0.2) is 37.2 Å². The van der Waals surface area contributed by atoms with Crippen LogP contribution in [0.1, 0.15) is 252 Å². The third-order valence-corrected chi connectivity index (χ3v) is 12.3. The number of ether oxygens (including phenoxy) is 3. The van der Waals surface area contributed by atoms with Gasteiger partial charge < -0.3 is 14.2 Å². The topological polar surface area (TPSA) is 78.9 Å². The third kappa shape index (κ3) is 60.0. The van der Waals surface area contributed by atoms with Crippen LogP contribution in [0.25, 0.3) is 0 Å². The zero-order valence-corrected chi connectivity index (χ0v) is 48.3. The summed E-state index contributed by atoms with van der Waals surface area (Å²) in [6.07, 6.45) is 89.1. The fourth-order valence-electron chi connectivity index (χ4n) is 7.87. The summed E-state index contributed by atoms with van der Waals surface area (Å²) in [5, 5.41) is 0. The molecule has 0 aromatic rings. The van der Waals surface area contributed by atoms with Crippen LogP contribution in [0.5, 0.6) is 0 Å². The van der Waals surface area contributed by atoms with Crippen molar-refractivity contribution < 1.29 is 28.6 Å². The molecule has 0 aromatic carbocycles. The summed E-state index contributed by atoms with van der Waals surface area (Å²) in [6, 6.07) is 0. The van der Waals surface area contributed by atoms with Gasteiger partial charge in [-0.3, -0.25) is 14.4 Å². The van der Waals surface area contributed by atoms with Crippen LogP contribution < -0.4 is 0 Å². The lowest BCUT2D eigenvalue weighted by Gasteiger charge is -2.18. The van der Waals surface area contributed by atoms with E-state index in [1.807, 2.05) is 0 Å². The average molecular weight is 1040 g/mol. The van der Waals surface area contributed by atoms with E-state index in [0.29, 0.717) is 19.3 Å². The number of allylic oxidation sites excluding steroid dienone is 24. The molecular weight excluding hydrogens is 925 g/mol. The minimum atomic E-state index is -0.808. The van der Waals surface area contributed by atoms with Gasteiger partial charge in [-0.05, 0) is 116 Å². The van der Waals surface area contributed by atoms with Crippen molar-refractivity contribution in [2.45, 2.75) is 258 Å². The molecule has 0 aliphatic heterocycles. The van der Waals surface area contributed by atoms with E-state index in [0.717, 1.165) is 135 Å². The molecule has 0 aliphatic carbocycles. The molecule has 0 fully saturated rings. The maximum atomic E-state index is 12.7. The monoisotopic (exact) mass is 1030 g/mol. The molecule has 0 aliphatic rings. The molecule has 0 rings (SSSR count). The summed E-state index contributed by atoms with van der Waals surface area (Å²) in [6.45, 7) is 6.27. The Kier molecular flexibility index (Phi) is 58.0. The van der Waals surface area contributed by atoms with Crippen LogP contribution >= 0.6 is 0 Å². The van der Waals surface area contributed by atoms with E-state index in [4.69, 9.17) is 14.2 Å². The van der Waals surface area contributed by atoms with Gasteiger partial charge in [-0.2, -0.15) is 0 Å². The van der Waals surface area contributed by atoms with Gasteiger partial charge in [-0.1, -0.05) is 263 Å². The van der Waals surface area contributed by atoms with Crippen molar-refractivity contribution in [2.24, 2.45) is 0 Å². The van der Waals surface area contributed by atoms with Crippen LogP contribution in [0.3, 0.4) is 0 Å². The SMILES string of the molecule is CC/C=C\C/C=C\C/C=C\C/C=C\C/C=C\C/C=C\C/C=C\CCCCCCCCCCCCCCCC(=O)OCC(COC(=O)CCCCCCC)OC(=O)CCC/C=C\C/C=C\C/C=C\C/C=C\C/C=C\CC. The fourth-order valence-corrected chi connectivity index (χ4v) is 7.87. The highest BCUT2D eigenvalue weighted by Crippen LogP contribution is 2.15.